The van der Waals surface area contributed by atoms with Crippen molar-refractivity contribution in [3.05, 3.63) is 59.2 Å². The smallest absolute Gasteiger partial charge is 0.249 e. The van der Waals surface area contributed by atoms with Gasteiger partial charge in [0.1, 0.15) is 11.5 Å². The van der Waals surface area contributed by atoms with E-state index in [4.69, 9.17) is 15.2 Å². The third kappa shape index (κ3) is 6.28. The van der Waals surface area contributed by atoms with Crippen molar-refractivity contribution < 1.29 is 28.7 Å². The number of primary amides is 1. The van der Waals surface area contributed by atoms with Gasteiger partial charge in [0.15, 0.2) is 0 Å². The van der Waals surface area contributed by atoms with E-state index in [2.05, 4.69) is 5.32 Å². The van der Waals surface area contributed by atoms with E-state index in [1.165, 1.54) is 0 Å². The van der Waals surface area contributed by atoms with Gasteiger partial charge in [0.25, 0.3) is 0 Å². The van der Waals surface area contributed by atoms with Crippen LogP contribution in [0.2, 0.25) is 0 Å². The molecule has 0 aromatic heterocycles. The molecule has 3 N–H and O–H groups in total. The second-order valence-corrected chi connectivity index (χ2v) is 9.47. The van der Waals surface area contributed by atoms with Crippen molar-refractivity contribution in [3.8, 4) is 11.5 Å². The van der Waals surface area contributed by atoms with Gasteiger partial charge in [-0.3, -0.25) is 24.5 Å². The number of carbonyl (C=O) groups excluding carboxylic acids is 4. The molecule has 4 amide bonds. The van der Waals surface area contributed by atoms with Crippen LogP contribution < -0.4 is 20.5 Å². The SMILES string of the molecule is COc1cccc(C(N)=O)c1C1CCN(C(=O)CCCOc2cccc(C3CCC(=O)NC3=O)c2)CC1. The number of hydrogen-bond acceptors (Lipinski definition) is 6. The van der Waals surface area contributed by atoms with Crippen LogP contribution in [0.3, 0.4) is 0 Å². The topological polar surface area (TPSA) is 128 Å². The molecule has 9 nitrogen and oxygen atoms in total. The van der Waals surface area contributed by atoms with E-state index in [-0.39, 0.29) is 29.6 Å². The maximum absolute atomic E-state index is 12.8. The number of hydrogen-bond donors (Lipinski definition) is 2. The number of carbonyl (C=O) groups is 4. The summed E-state index contributed by atoms with van der Waals surface area (Å²) in [5.41, 5.74) is 7.71. The molecule has 2 heterocycles. The Hall–Kier alpha value is -3.88. The van der Waals surface area contributed by atoms with Gasteiger partial charge in [0.05, 0.1) is 19.6 Å². The number of rotatable bonds is 9. The largest absolute Gasteiger partial charge is 0.496 e. The Morgan fingerprint density at radius 2 is 1.84 bits per heavy atom. The van der Waals surface area contributed by atoms with Crippen molar-refractivity contribution in [3.63, 3.8) is 0 Å². The normalized spacial score (nSPS) is 18.3. The van der Waals surface area contributed by atoms with Crippen LogP contribution in [0.1, 0.15) is 71.8 Å². The molecule has 37 heavy (non-hydrogen) atoms. The molecular formula is C28H33N3O6. The van der Waals surface area contributed by atoms with E-state index >= 15 is 0 Å². The second kappa shape index (κ2) is 11.9. The van der Waals surface area contributed by atoms with Crippen LogP contribution in [0.15, 0.2) is 42.5 Å². The van der Waals surface area contributed by atoms with Crippen molar-refractivity contribution in [2.75, 3.05) is 26.8 Å². The molecule has 2 aliphatic heterocycles. The minimum absolute atomic E-state index is 0.0782. The molecular weight excluding hydrogens is 474 g/mol. The maximum Gasteiger partial charge on any atom is 0.249 e. The minimum Gasteiger partial charge on any atom is -0.496 e. The number of nitrogens with zero attached hydrogens (tertiary/aromatic N) is 1. The van der Waals surface area contributed by atoms with E-state index in [9.17, 15) is 19.2 Å². The van der Waals surface area contributed by atoms with Crippen LogP contribution in [-0.4, -0.2) is 55.3 Å². The molecule has 4 rings (SSSR count). The average molecular weight is 508 g/mol. The van der Waals surface area contributed by atoms with E-state index in [0.29, 0.717) is 62.4 Å². The molecule has 2 fully saturated rings. The van der Waals surface area contributed by atoms with E-state index < -0.39 is 5.91 Å². The van der Waals surface area contributed by atoms with Crippen LogP contribution in [0, 0.1) is 0 Å². The summed E-state index contributed by atoms with van der Waals surface area (Å²) in [6, 6.07) is 12.6. The molecule has 9 heteroatoms. The summed E-state index contributed by atoms with van der Waals surface area (Å²) < 4.78 is 11.3. The fourth-order valence-electron chi connectivity index (χ4n) is 5.18. The number of likely N-dealkylation sites (tertiary alicyclic amines) is 1. The van der Waals surface area contributed by atoms with Gasteiger partial charge in [-0.2, -0.15) is 0 Å². The molecule has 1 atom stereocenters. The zero-order chi connectivity index (χ0) is 26.4. The van der Waals surface area contributed by atoms with E-state index in [1.54, 1.807) is 19.2 Å². The lowest BCUT2D eigenvalue weighted by Gasteiger charge is -2.33. The monoisotopic (exact) mass is 507 g/mol. The number of amides is 4. The fourth-order valence-corrected chi connectivity index (χ4v) is 5.18. The lowest BCUT2D eigenvalue weighted by atomic mass is 9.85. The quantitative estimate of drug-likeness (QED) is 0.397. The lowest BCUT2D eigenvalue weighted by Crippen LogP contribution is -2.39. The van der Waals surface area contributed by atoms with Gasteiger partial charge in [-0.1, -0.05) is 18.2 Å². The molecule has 1 unspecified atom stereocenters. The minimum atomic E-state index is -0.477. The highest BCUT2D eigenvalue weighted by atomic mass is 16.5. The molecule has 0 aliphatic carbocycles. The zero-order valence-electron chi connectivity index (χ0n) is 21.0. The number of nitrogens with two attached hydrogens (primary N) is 1. The van der Waals surface area contributed by atoms with Crippen molar-refractivity contribution in [2.45, 2.75) is 50.4 Å². The Kier molecular flexibility index (Phi) is 8.43. The lowest BCUT2D eigenvalue weighted by molar-refractivity contribution is -0.134. The van der Waals surface area contributed by atoms with Crippen molar-refractivity contribution in [2.24, 2.45) is 5.73 Å². The molecule has 2 aliphatic rings. The number of methoxy groups -OCH3 is 1. The Morgan fingerprint density at radius 1 is 1.08 bits per heavy atom. The molecule has 0 radical (unpaired) electrons. The Morgan fingerprint density at radius 3 is 2.54 bits per heavy atom. The highest BCUT2D eigenvalue weighted by molar-refractivity contribution is 6.01. The maximum atomic E-state index is 12.8. The summed E-state index contributed by atoms with van der Waals surface area (Å²) in [6.07, 6.45) is 3.22. The average Bonchev–Trinajstić information content (AvgIpc) is 2.90. The number of imide groups is 1. The van der Waals surface area contributed by atoms with Gasteiger partial charge in [0, 0.05) is 37.1 Å². The van der Waals surface area contributed by atoms with Crippen LogP contribution >= 0.6 is 0 Å². The molecule has 0 bridgehead atoms. The summed E-state index contributed by atoms with van der Waals surface area (Å²) in [5.74, 6) is 0.113. The Balaban J connectivity index is 1.24. The highest BCUT2D eigenvalue weighted by Crippen LogP contribution is 2.37. The van der Waals surface area contributed by atoms with Crippen molar-refractivity contribution in [1.29, 1.82) is 0 Å². The molecule has 196 valence electrons. The Bertz CT molecular complexity index is 1170. The van der Waals surface area contributed by atoms with Gasteiger partial charge in [-0.05, 0) is 61.4 Å². The third-order valence-electron chi connectivity index (χ3n) is 7.11. The van der Waals surface area contributed by atoms with E-state index in [0.717, 1.165) is 24.0 Å². The van der Waals surface area contributed by atoms with Gasteiger partial charge < -0.3 is 20.1 Å². The summed E-state index contributed by atoms with van der Waals surface area (Å²) in [4.78, 5) is 50.1. The van der Waals surface area contributed by atoms with Crippen LogP contribution in [0.5, 0.6) is 11.5 Å². The summed E-state index contributed by atoms with van der Waals surface area (Å²) in [6.45, 7) is 1.59. The van der Waals surface area contributed by atoms with E-state index in [1.807, 2.05) is 35.2 Å². The summed E-state index contributed by atoms with van der Waals surface area (Å²) >= 11 is 0. The first-order valence-electron chi connectivity index (χ1n) is 12.7. The third-order valence-corrected chi connectivity index (χ3v) is 7.11. The predicted molar refractivity (Wildman–Crippen MR) is 136 cm³/mol. The van der Waals surface area contributed by atoms with Crippen LogP contribution in [0.4, 0.5) is 0 Å². The number of ether oxygens (including phenoxy) is 2. The van der Waals surface area contributed by atoms with Gasteiger partial charge in [0.2, 0.25) is 23.6 Å². The first kappa shape index (κ1) is 26.2. The van der Waals surface area contributed by atoms with Gasteiger partial charge in [-0.25, -0.2) is 0 Å². The number of benzene rings is 2. The van der Waals surface area contributed by atoms with Crippen molar-refractivity contribution in [1.82, 2.24) is 10.2 Å². The molecule has 2 aromatic carbocycles. The first-order valence-corrected chi connectivity index (χ1v) is 12.7. The van der Waals surface area contributed by atoms with Gasteiger partial charge in [-0.15, -0.1) is 0 Å². The molecule has 2 saturated heterocycles. The standard InChI is InChI=1S/C28H33N3O6/c1-36-23-8-3-7-22(27(29)34)26(23)18-12-14-31(15-13-18)25(33)9-4-16-37-20-6-2-5-19(17-20)21-10-11-24(32)30-28(21)35/h2-3,5-8,17-18,21H,4,9-16H2,1H3,(H2,29,34)(H,30,32,35). The molecule has 2 aromatic rings. The predicted octanol–water partition coefficient (Wildman–Crippen LogP) is 2.88. The van der Waals surface area contributed by atoms with Crippen LogP contribution in [-0.2, 0) is 14.4 Å². The zero-order valence-corrected chi connectivity index (χ0v) is 21.0. The summed E-state index contributed by atoms with van der Waals surface area (Å²) in [5, 5.41) is 2.38. The molecule has 0 spiro atoms. The highest BCUT2D eigenvalue weighted by Gasteiger charge is 2.29. The van der Waals surface area contributed by atoms with Crippen molar-refractivity contribution >= 4 is 23.6 Å². The summed E-state index contributed by atoms with van der Waals surface area (Å²) in [7, 11) is 1.58. The van der Waals surface area contributed by atoms with Crippen LogP contribution in [0.25, 0.3) is 0 Å². The fraction of sp³-hybridized carbons (Fsp3) is 0.429. The second-order valence-electron chi connectivity index (χ2n) is 9.47. The first-order chi connectivity index (χ1) is 17.9. The number of piperidine rings is 2. The Labute approximate surface area is 216 Å². The van der Waals surface area contributed by atoms with Gasteiger partial charge >= 0.3 is 0 Å². The number of nitrogens with one attached hydrogen (secondary N) is 1. The molecule has 0 saturated carbocycles.